The number of aliphatic hydroxyl groups is 1. The van der Waals surface area contributed by atoms with Crippen LogP contribution in [-0.2, 0) is 0 Å². The van der Waals surface area contributed by atoms with Crippen molar-refractivity contribution in [3.8, 4) is 0 Å². The maximum atomic E-state index is 8.83. The molecule has 0 aliphatic heterocycles. The van der Waals surface area contributed by atoms with Crippen LogP contribution in [0.1, 0.15) is 90.1 Å². The number of hydrogen-bond acceptors (Lipinski definition) is 4. The molecule has 0 saturated carbocycles. The molecule has 0 radical (unpaired) electrons. The minimum Gasteiger partial charge on any atom is -0.390 e. The highest BCUT2D eigenvalue weighted by atomic mass is 35.5. The summed E-state index contributed by atoms with van der Waals surface area (Å²) >= 11 is 6.69. The first-order valence-electron chi connectivity index (χ1n) is 11.9. The Balaban J connectivity index is 0.000000801. The van der Waals surface area contributed by atoms with E-state index >= 15 is 0 Å². The lowest BCUT2D eigenvalue weighted by Gasteiger charge is -2.23. The monoisotopic (exact) mass is 471 g/mol. The maximum Gasteiger partial charge on any atom is 0.0710 e. The lowest BCUT2D eigenvalue weighted by atomic mass is 9.88. The third-order valence-electron chi connectivity index (χ3n) is 5.78. The number of aliphatic imine (C=N–C) groups is 1. The average Bonchev–Trinajstić information content (AvgIpc) is 2.77. The number of aromatic nitrogens is 1. The average molecular weight is 472 g/mol. The summed E-state index contributed by atoms with van der Waals surface area (Å²) in [6.45, 7) is 17.6. The fraction of sp³-hybridized carbons (Fsp3) is 0.500. The molecule has 2 rings (SSSR count). The number of rotatable bonds is 9. The topological polar surface area (TPSA) is 71.5 Å². The van der Waals surface area contributed by atoms with E-state index in [1.165, 1.54) is 0 Å². The molecule has 1 aromatic carbocycles. The van der Waals surface area contributed by atoms with Crippen LogP contribution in [0.4, 0.5) is 0 Å². The van der Waals surface area contributed by atoms with Gasteiger partial charge in [0.15, 0.2) is 0 Å². The number of nitrogens with two attached hydrogens (primary N) is 1. The molecule has 2 unspecified atom stereocenters. The molecule has 0 amide bonds. The molecule has 1 heterocycles. The van der Waals surface area contributed by atoms with Crippen LogP contribution in [0.5, 0.6) is 0 Å². The van der Waals surface area contributed by atoms with Crippen molar-refractivity contribution in [1.82, 2.24) is 4.98 Å². The Labute approximate surface area is 205 Å². The number of halogens is 1. The Morgan fingerprint density at radius 3 is 2.45 bits per heavy atom. The molecule has 2 atom stereocenters. The van der Waals surface area contributed by atoms with Gasteiger partial charge < -0.3 is 10.8 Å². The lowest BCUT2D eigenvalue weighted by Crippen LogP contribution is -2.20. The van der Waals surface area contributed by atoms with Gasteiger partial charge in [-0.1, -0.05) is 63.9 Å². The largest absolute Gasteiger partial charge is 0.390 e. The van der Waals surface area contributed by atoms with Crippen LogP contribution in [0, 0.1) is 12.8 Å². The van der Waals surface area contributed by atoms with Gasteiger partial charge in [0.2, 0.25) is 0 Å². The van der Waals surface area contributed by atoms with Crippen LogP contribution in [-0.4, -0.2) is 22.4 Å². The van der Waals surface area contributed by atoms with E-state index in [9.17, 15) is 0 Å². The predicted molar refractivity (Wildman–Crippen MR) is 146 cm³/mol. The summed E-state index contributed by atoms with van der Waals surface area (Å²) in [6, 6.07) is 6.09. The Hall–Kier alpha value is -2.01. The Kier molecular flexibility index (Phi) is 12.0. The highest BCUT2D eigenvalue weighted by Crippen LogP contribution is 2.37. The number of pyridine rings is 1. The summed E-state index contributed by atoms with van der Waals surface area (Å²) in [5.41, 5.74) is 11.0. The second kappa shape index (κ2) is 13.6. The molecule has 5 heteroatoms. The molecule has 4 nitrogen and oxygen atoms in total. The number of allylic oxidation sites excluding steroid dienone is 3. The van der Waals surface area contributed by atoms with Crippen molar-refractivity contribution < 1.29 is 5.11 Å². The van der Waals surface area contributed by atoms with Crippen molar-refractivity contribution in [3.63, 3.8) is 0 Å². The molecule has 0 saturated heterocycles. The molecular weight excluding hydrogens is 430 g/mol. The van der Waals surface area contributed by atoms with Gasteiger partial charge in [0.1, 0.15) is 0 Å². The Morgan fingerprint density at radius 2 is 1.94 bits per heavy atom. The van der Waals surface area contributed by atoms with Crippen LogP contribution >= 0.6 is 11.6 Å². The van der Waals surface area contributed by atoms with Gasteiger partial charge in [-0.05, 0) is 81.5 Å². The standard InChI is InChI=1S/C23H30ClN3.C5H12O/c1-6-8-10-18(14-26-5)17-11-12-20-19(13-17)21(22(24)16(4)27-20)23(25)15(3)9-7-2;1-4-5(2,3)6/h8,10-15,23H,5-7,9,25H2,1-4H3;6H,4H2,1-3H3/b10-8+,18-14+;. The summed E-state index contributed by atoms with van der Waals surface area (Å²) < 4.78 is 0. The molecule has 0 aliphatic carbocycles. The van der Waals surface area contributed by atoms with Crippen molar-refractivity contribution in [3.05, 3.63) is 58.4 Å². The van der Waals surface area contributed by atoms with Gasteiger partial charge in [-0.3, -0.25) is 9.98 Å². The summed E-state index contributed by atoms with van der Waals surface area (Å²) in [7, 11) is 0. The number of aryl methyl sites for hydroxylation is 1. The molecule has 0 bridgehead atoms. The molecule has 2 aromatic rings. The van der Waals surface area contributed by atoms with Crippen molar-refractivity contribution in [2.24, 2.45) is 16.6 Å². The summed E-state index contributed by atoms with van der Waals surface area (Å²) in [5, 5.41) is 10.5. The van der Waals surface area contributed by atoms with Crippen molar-refractivity contribution in [2.45, 2.75) is 85.8 Å². The number of benzene rings is 1. The molecular formula is C28H42ClN3O. The minimum atomic E-state index is -0.458. The zero-order valence-corrected chi connectivity index (χ0v) is 22.2. The summed E-state index contributed by atoms with van der Waals surface area (Å²) in [6.07, 6.45) is 9.89. The zero-order valence-electron chi connectivity index (χ0n) is 21.5. The Bertz CT molecular complexity index is 973. The van der Waals surface area contributed by atoms with E-state index in [0.29, 0.717) is 10.9 Å². The van der Waals surface area contributed by atoms with Crippen LogP contribution in [0.25, 0.3) is 16.5 Å². The number of nitrogens with zero attached hydrogens (tertiary/aromatic N) is 2. The van der Waals surface area contributed by atoms with Crippen LogP contribution in [0.2, 0.25) is 5.02 Å². The lowest BCUT2D eigenvalue weighted by molar-refractivity contribution is 0.0765. The van der Waals surface area contributed by atoms with E-state index in [4.69, 9.17) is 22.4 Å². The van der Waals surface area contributed by atoms with Gasteiger partial charge in [0, 0.05) is 17.6 Å². The Morgan fingerprint density at radius 1 is 1.30 bits per heavy atom. The van der Waals surface area contributed by atoms with Gasteiger partial charge in [0.05, 0.1) is 21.8 Å². The quantitative estimate of drug-likeness (QED) is 0.289. The van der Waals surface area contributed by atoms with Crippen LogP contribution in [0.3, 0.4) is 0 Å². The third kappa shape index (κ3) is 8.69. The normalized spacial score (nSPS) is 14.2. The van der Waals surface area contributed by atoms with Gasteiger partial charge in [-0.2, -0.15) is 0 Å². The number of hydrogen-bond donors (Lipinski definition) is 2. The predicted octanol–water partition coefficient (Wildman–Crippen LogP) is 7.81. The van der Waals surface area contributed by atoms with Gasteiger partial charge in [-0.15, -0.1) is 0 Å². The van der Waals surface area contributed by atoms with Crippen molar-refractivity contribution in [2.75, 3.05) is 0 Å². The van der Waals surface area contributed by atoms with Gasteiger partial charge in [-0.25, -0.2) is 0 Å². The van der Waals surface area contributed by atoms with E-state index in [2.05, 4.69) is 61.7 Å². The molecule has 0 fully saturated rings. The van der Waals surface area contributed by atoms with Crippen LogP contribution < -0.4 is 5.73 Å². The first kappa shape index (κ1) is 29.0. The van der Waals surface area contributed by atoms with Crippen LogP contribution in [0.15, 0.2) is 41.5 Å². The summed E-state index contributed by atoms with van der Waals surface area (Å²) in [4.78, 5) is 8.63. The minimum absolute atomic E-state index is 0.131. The summed E-state index contributed by atoms with van der Waals surface area (Å²) in [5.74, 6) is 0.339. The van der Waals surface area contributed by atoms with Gasteiger partial charge >= 0.3 is 0 Å². The van der Waals surface area contributed by atoms with E-state index in [1.807, 2.05) is 19.9 Å². The molecule has 33 heavy (non-hydrogen) atoms. The second-order valence-electron chi connectivity index (χ2n) is 9.19. The van der Waals surface area contributed by atoms with E-state index < -0.39 is 5.60 Å². The molecule has 1 aromatic heterocycles. The SMILES string of the molecule is C=N/C=C(\C=C\CC)c1ccc2nc(C)c(Cl)c(C(N)C(C)CCC)c2c1.CCC(C)(C)O. The molecule has 182 valence electrons. The van der Waals surface area contributed by atoms with Crippen molar-refractivity contribution >= 4 is 34.8 Å². The van der Waals surface area contributed by atoms with E-state index in [-0.39, 0.29) is 6.04 Å². The zero-order chi connectivity index (χ0) is 25.2. The highest BCUT2D eigenvalue weighted by molar-refractivity contribution is 6.33. The third-order valence-corrected chi connectivity index (χ3v) is 6.26. The van der Waals surface area contributed by atoms with E-state index in [1.54, 1.807) is 20.0 Å². The first-order chi connectivity index (χ1) is 15.5. The highest BCUT2D eigenvalue weighted by Gasteiger charge is 2.22. The van der Waals surface area contributed by atoms with Gasteiger partial charge in [0.25, 0.3) is 0 Å². The second-order valence-corrected chi connectivity index (χ2v) is 9.57. The maximum absolute atomic E-state index is 8.83. The van der Waals surface area contributed by atoms with Crippen molar-refractivity contribution in [1.29, 1.82) is 0 Å². The molecule has 3 N–H and O–H groups in total. The number of fused-ring (bicyclic) bond motifs is 1. The smallest absolute Gasteiger partial charge is 0.0710 e. The molecule has 0 aliphatic rings. The molecule has 0 spiro atoms. The fourth-order valence-corrected chi connectivity index (χ4v) is 3.64. The fourth-order valence-electron chi connectivity index (χ4n) is 3.37. The van der Waals surface area contributed by atoms with E-state index in [0.717, 1.165) is 59.0 Å². The first-order valence-corrected chi connectivity index (χ1v) is 12.3.